The van der Waals surface area contributed by atoms with E-state index in [0.29, 0.717) is 0 Å². The van der Waals surface area contributed by atoms with Crippen LogP contribution >= 0.6 is 0 Å². The van der Waals surface area contributed by atoms with Gasteiger partial charge in [0.1, 0.15) is 0 Å². The van der Waals surface area contributed by atoms with Crippen molar-refractivity contribution in [3.63, 3.8) is 0 Å². The highest BCUT2D eigenvalue weighted by Gasteiger charge is 2.37. The molecular weight excluding hydrogens is 250 g/mol. The average molecular weight is 275 g/mol. The Balaban J connectivity index is 2.16. The number of hydrogen-bond acceptors (Lipinski definition) is 2. The molecule has 0 aromatic heterocycles. The van der Waals surface area contributed by atoms with E-state index in [9.17, 15) is 9.90 Å². The normalized spacial score (nSPS) is 18.9. The van der Waals surface area contributed by atoms with E-state index in [4.69, 9.17) is 5.73 Å². The van der Waals surface area contributed by atoms with Crippen molar-refractivity contribution in [1.82, 2.24) is 0 Å². The molecule has 1 saturated carbocycles. The molecular formula is C17H25NO2. The number of aryl methyl sites for hydroxylation is 2. The smallest absolute Gasteiger partial charge is 0.303 e. The van der Waals surface area contributed by atoms with Gasteiger partial charge in [0, 0.05) is 6.04 Å². The van der Waals surface area contributed by atoms with Gasteiger partial charge in [0.25, 0.3) is 0 Å². The zero-order valence-corrected chi connectivity index (χ0v) is 12.5. The molecule has 3 nitrogen and oxygen atoms in total. The summed E-state index contributed by atoms with van der Waals surface area (Å²) < 4.78 is 0. The van der Waals surface area contributed by atoms with Crippen LogP contribution in [0.1, 0.15) is 61.3 Å². The van der Waals surface area contributed by atoms with Gasteiger partial charge in [0.15, 0.2) is 0 Å². The summed E-state index contributed by atoms with van der Waals surface area (Å²) in [5.41, 5.74) is 9.90. The van der Waals surface area contributed by atoms with E-state index in [-0.39, 0.29) is 17.9 Å². The van der Waals surface area contributed by atoms with Gasteiger partial charge in [-0.25, -0.2) is 0 Å². The minimum Gasteiger partial charge on any atom is -0.481 e. The van der Waals surface area contributed by atoms with E-state index in [1.54, 1.807) is 0 Å². The Morgan fingerprint density at radius 1 is 1.35 bits per heavy atom. The van der Waals surface area contributed by atoms with E-state index < -0.39 is 5.97 Å². The molecule has 1 aliphatic rings. The number of hydrogen-bond donors (Lipinski definition) is 2. The summed E-state index contributed by atoms with van der Waals surface area (Å²) in [5, 5.41) is 9.17. The first kappa shape index (κ1) is 15.0. The highest BCUT2D eigenvalue weighted by atomic mass is 16.4. The number of aliphatic carboxylic acids is 1. The van der Waals surface area contributed by atoms with Crippen molar-refractivity contribution in [3.8, 4) is 0 Å². The summed E-state index contributed by atoms with van der Waals surface area (Å²) in [4.78, 5) is 11.1. The maximum Gasteiger partial charge on any atom is 0.303 e. The Morgan fingerprint density at radius 2 is 2.00 bits per heavy atom. The van der Waals surface area contributed by atoms with Crippen LogP contribution in [0.2, 0.25) is 0 Å². The number of carboxylic acid groups (broad SMARTS) is 1. The zero-order valence-electron chi connectivity index (χ0n) is 12.5. The van der Waals surface area contributed by atoms with Crippen molar-refractivity contribution in [1.29, 1.82) is 0 Å². The standard InChI is InChI=1S/C17H25NO2/c1-12-5-6-14(13(2)9-12)15(18)10-17(11-16(19)20)7-3-4-8-17/h5-6,9,15H,3-4,7-8,10-11,18H2,1-2H3,(H,19,20). The summed E-state index contributed by atoms with van der Waals surface area (Å²) in [6.07, 6.45) is 5.30. The van der Waals surface area contributed by atoms with E-state index in [0.717, 1.165) is 37.7 Å². The van der Waals surface area contributed by atoms with Crippen LogP contribution in [0.25, 0.3) is 0 Å². The Labute approximate surface area is 121 Å². The highest BCUT2D eigenvalue weighted by molar-refractivity contribution is 5.67. The van der Waals surface area contributed by atoms with Crippen molar-refractivity contribution in [2.75, 3.05) is 0 Å². The molecule has 0 heterocycles. The van der Waals surface area contributed by atoms with Gasteiger partial charge in [-0.1, -0.05) is 36.6 Å². The van der Waals surface area contributed by atoms with Crippen molar-refractivity contribution in [2.45, 2.75) is 58.4 Å². The zero-order chi connectivity index (χ0) is 14.8. The summed E-state index contributed by atoms with van der Waals surface area (Å²) in [6, 6.07) is 6.26. The SMILES string of the molecule is Cc1ccc(C(N)CC2(CC(=O)O)CCCC2)c(C)c1. The molecule has 1 fully saturated rings. The molecule has 0 aliphatic heterocycles. The quantitative estimate of drug-likeness (QED) is 0.860. The largest absolute Gasteiger partial charge is 0.481 e. The van der Waals surface area contributed by atoms with Gasteiger partial charge in [0.05, 0.1) is 6.42 Å². The molecule has 1 aromatic rings. The predicted molar refractivity (Wildman–Crippen MR) is 80.6 cm³/mol. The second kappa shape index (κ2) is 5.96. The summed E-state index contributed by atoms with van der Waals surface area (Å²) >= 11 is 0. The van der Waals surface area contributed by atoms with Gasteiger partial charge in [-0.3, -0.25) is 4.79 Å². The molecule has 1 atom stereocenters. The third kappa shape index (κ3) is 3.40. The molecule has 3 N–H and O–H groups in total. The van der Waals surface area contributed by atoms with E-state index in [2.05, 4.69) is 32.0 Å². The summed E-state index contributed by atoms with van der Waals surface area (Å²) in [6.45, 7) is 4.16. The van der Waals surface area contributed by atoms with Crippen molar-refractivity contribution >= 4 is 5.97 Å². The fourth-order valence-electron chi connectivity index (χ4n) is 3.72. The van der Waals surface area contributed by atoms with Crippen LogP contribution in [-0.2, 0) is 4.79 Å². The van der Waals surface area contributed by atoms with Gasteiger partial charge in [0.2, 0.25) is 0 Å². The number of carboxylic acids is 1. The maximum atomic E-state index is 11.1. The van der Waals surface area contributed by atoms with E-state index in [1.807, 2.05) is 0 Å². The molecule has 0 spiro atoms. The van der Waals surface area contributed by atoms with Crippen LogP contribution < -0.4 is 5.73 Å². The average Bonchev–Trinajstić information content (AvgIpc) is 2.75. The topological polar surface area (TPSA) is 63.3 Å². The maximum absolute atomic E-state index is 11.1. The minimum absolute atomic E-state index is 0.0620. The molecule has 2 rings (SSSR count). The van der Waals surface area contributed by atoms with Gasteiger partial charge >= 0.3 is 5.97 Å². The molecule has 110 valence electrons. The number of benzene rings is 1. The fraction of sp³-hybridized carbons (Fsp3) is 0.588. The Morgan fingerprint density at radius 3 is 2.55 bits per heavy atom. The molecule has 0 amide bonds. The van der Waals surface area contributed by atoms with Crippen LogP contribution in [0.4, 0.5) is 0 Å². The first-order chi connectivity index (χ1) is 9.42. The second-order valence-corrected chi connectivity index (χ2v) is 6.45. The number of carbonyl (C=O) groups is 1. The van der Waals surface area contributed by atoms with Crippen LogP contribution in [0.3, 0.4) is 0 Å². The van der Waals surface area contributed by atoms with Crippen molar-refractivity contribution in [3.05, 3.63) is 34.9 Å². The lowest BCUT2D eigenvalue weighted by molar-refractivity contribution is -0.139. The lowest BCUT2D eigenvalue weighted by atomic mass is 9.75. The van der Waals surface area contributed by atoms with Gasteiger partial charge in [-0.2, -0.15) is 0 Å². The predicted octanol–water partition coefficient (Wildman–Crippen LogP) is 3.73. The van der Waals surface area contributed by atoms with Crippen LogP contribution in [0.5, 0.6) is 0 Å². The van der Waals surface area contributed by atoms with Gasteiger partial charge in [-0.05, 0) is 49.7 Å². The molecule has 0 bridgehead atoms. The molecule has 0 radical (unpaired) electrons. The fourth-order valence-corrected chi connectivity index (χ4v) is 3.72. The molecule has 1 aromatic carbocycles. The van der Waals surface area contributed by atoms with Gasteiger partial charge < -0.3 is 10.8 Å². The van der Waals surface area contributed by atoms with Crippen LogP contribution in [0, 0.1) is 19.3 Å². The summed E-state index contributed by atoms with van der Waals surface area (Å²) in [7, 11) is 0. The third-order valence-corrected chi connectivity index (χ3v) is 4.67. The lowest BCUT2D eigenvalue weighted by Gasteiger charge is -2.31. The molecule has 1 unspecified atom stereocenters. The lowest BCUT2D eigenvalue weighted by Crippen LogP contribution is -2.27. The monoisotopic (exact) mass is 275 g/mol. The van der Waals surface area contributed by atoms with Gasteiger partial charge in [-0.15, -0.1) is 0 Å². The second-order valence-electron chi connectivity index (χ2n) is 6.45. The minimum atomic E-state index is -0.695. The third-order valence-electron chi connectivity index (χ3n) is 4.67. The number of rotatable bonds is 5. The Kier molecular flexibility index (Phi) is 4.48. The molecule has 1 aliphatic carbocycles. The van der Waals surface area contributed by atoms with E-state index in [1.165, 1.54) is 11.1 Å². The molecule has 3 heteroatoms. The Bertz CT molecular complexity index is 490. The first-order valence-corrected chi connectivity index (χ1v) is 7.46. The van der Waals surface area contributed by atoms with Crippen LogP contribution in [-0.4, -0.2) is 11.1 Å². The van der Waals surface area contributed by atoms with E-state index >= 15 is 0 Å². The van der Waals surface area contributed by atoms with Crippen LogP contribution in [0.15, 0.2) is 18.2 Å². The number of nitrogens with two attached hydrogens (primary N) is 1. The molecule has 20 heavy (non-hydrogen) atoms. The highest BCUT2D eigenvalue weighted by Crippen LogP contribution is 2.47. The van der Waals surface area contributed by atoms with Crippen molar-refractivity contribution < 1.29 is 9.90 Å². The Hall–Kier alpha value is -1.35. The molecule has 0 saturated heterocycles. The van der Waals surface area contributed by atoms with Crippen molar-refractivity contribution in [2.24, 2.45) is 11.1 Å². The first-order valence-electron chi connectivity index (χ1n) is 7.46. The summed E-state index contributed by atoms with van der Waals surface area (Å²) in [5.74, 6) is -0.695.